The van der Waals surface area contributed by atoms with E-state index < -0.39 is 43.0 Å². The van der Waals surface area contributed by atoms with Gasteiger partial charge in [-0.25, -0.2) is 4.99 Å². The van der Waals surface area contributed by atoms with Gasteiger partial charge >= 0.3 is 0 Å². The Morgan fingerprint density at radius 3 is 2.50 bits per heavy atom. The SMILES string of the molecule is CC(=O)/N=C/[C@H]1C(O)O[C@H](CO)[C@@H](O)[C@@H]1O. The van der Waals surface area contributed by atoms with Crippen molar-refractivity contribution in [1.82, 2.24) is 0 Å². The van der Waals surface area contributed by atoms with E-state index in [-0.39, 0.29) is 0 Å². The molecule has 1 heterocycles. The number of nitrogens with zero attached hydrogens (tertiary/aromatic N) is 1. The maximum atomic E-state index is 10.6. The molecule has 0 spiro atoms. The molecule has 0 aromatic heterocycles. The van der Waals surface area contributed by atoms with Crippen LogP contribution in [0.5, 0.6) is 0 Å². The lowest BCUT2D eigenvalue weighted by Gasteiger charge is -2.38. The Labute approximate surface area is 92.0 Å². The Bertz CT molecular complexity index is 281. The lowest BCUT2D eigenvalue weighted by Crippen LogP contribution is -2.56. The highest BCUT2D eigenvalue weighted by Crippen LogP contribution is 2.23. The molecule has 92 valence electrons. The zero-order valence-electron chi connectivity index (χ0n) is 8.72. The summed E-state index contributed by atoms with van der Waals surface area (Å²) < 4.78 is 4.86. The van der Waals surface area contributed by atoms with Crippen molar-refractivity contribution in [3.8, 4) is 0 Å². The number of ether oxygens (including phenoxy) is 1. The molecule has 0 aromatic rings. The van der Waals surface area contributed by atoms with E-state index in [0.29, 0.717) is 0 Å². The van der Waals surface area contributed by atoms with E-state index in [2.05, 4.69) is 4.99 Å². The van der Waals surface area contributed by atoms with Crippen LogP contribution in [0.25, 0.3) is 0 Å². The molecule has 7 heteroatoms. The van der Waals surface area contributed by atoms with Crippen LogP contribution in [0.4, 0.5) is 0 Å². The Morgan fingerprint density at radius 1 is 1.38 bits per heavy atom. The quantitative estimate of drug-likeness (QED) is 0.396. The standard InChI is InChI=1S/C9H15NO6/c1-4(12)10-2-5-7(13)8(14)6(3-11)16-9(5)15/h2,5-9,11,13-15H,3H2,1H3/b10-2+/t5-,6-,7-,8-,9?/m1/s1. The first kappa shape index (κ1) is 13.2. The summed E-state index contributed by atoms with van der Waals surface area (Å²) in [5.41, 5.74) is 0. The van der Waals surface area contributed by atoms with Crippen molar-refractivity contribution in [2.45, 2.75) is 31.5 Å². The third-order valence-corrected chi connectivity index (χ3v) is 2.38. The van der Waals surface area contributed by atoms with Gasteiger partial charge in [-0.3, -0.25) is 4.79 Å². The third kappa shape index (κ3) is 2.83. The summed E-state index contributed by atoms with van der Waals surface area (Å²) in [5.74, 6) is -1.49. The highest BCUT2D eigenvalue weighted by Gasteiger charge is 2.42. The normalized spacial score (nSPS) is 40.2. The number of amides is 1. The van der Waals surface area contributed by atoms with E-state index in [1.54, 1.807) is 0 Å². The molecule has 4 N–H and O–H groups in total. The van der Waals surface area contributed by atoms with Gasteiger partial charge in [0.15, 0.2) is 6.29 Å². The molecular weight excluding hydrogens is 218 g/mol. The van der Waals surface area contributed by atoms with Gasteiger partial charge in [-0.15, -0.1) is 0 Å². The topological polar surface area (TPSA) is 120 Å². The summed E-state index contributed by atoms with van der Waals surface area (Å²) >= 11 is 0. The Hall–Kier alpha value is -0.860. The van der Waals surface area contributed by atoms with E-state index in [1.807, 2.05) is 0 Å². The van der Waals surface area contributed by atoms with Gasteiger partial charge in [-0.05, 0) is 0 Å². The monoisotopic (exact) mass is 233 g/mol. The summed E-state index contributed by atoms with van der Waals surface area (Å²) in [6.45, 7) is 0.692. The van der Waals surface area contributed by atoms with Crippen LogP contribution in [0.15, 0.2) is 4.99 Å². The molecule has 0 aromatic carbocycles. The number of hydrogen-bond acceptors (Lipinski definition) is 6. The van der Waals surface area contributed by atoms with Crippen LogP contribution in [0.2, 0.25) is 0 Å². The minimum Gasteiger partial charge on any atom is -0.394 e. The fourth-order valence-electron chi connectivity index (χ4n) is 1.47. The van der Waals surface area contributed by atoms with Crippen LogP contribution >= 0.6 is 0 Å². The Morgan fingerprint density at radius 2 is 2.00 bits per heavy atom. The van der Waals surface area contributed by atoms with Crippen LogP contribution in [0, 0.1) is 5.92 Å². The van der Waals surface area contributed by atoms with Crippen molar-refractivity contribution in [1.29, 1.82) is 0 Å². The number of aliphatic imine (C=N–C) groups is 1. The maximum Gasteiger partial charge on any atom is 0.242 e. The second kappa shape index (κ2) is 5.46. The molecule has 0 radical (unpaired) electrons. The number of rotatable bonds is 2. The van der Waals surface area contributed by atoms with Crippen molar-refractivity contribution in [2.75, 3.05) is 6.61 Å². The zero-order valence-corrected chi connectivity index (χ0v) is 8.72. The molecule has 1 saturated heterocycles. The van der Waals surface area contributed by atoms with E-state index in [1.165, 1.54) is 6.92 Å². The average Bonchev–Trinajstić information content (AvgIpc) is 2.22. The fraction of sp³-hybridized carbons (Fsp3) is 0.778. The number of carbonyl (C=O) groups is 1. The van der Waals surface area contributed by atoms with Gasteiger partial charge in [0, 0.05) is 13.1 Å². The predicted molar refractivity (Wildman–Crippen MR) is 52.6 cm³/mol. The van der Waals surface area contributed by atoms with Gasteiger partial charge in [0.1, 0.15) is 12.2 Å². The fourth-order valence-corrected chi connectivity index (χ4v) is 1.47. The molecule has 1 aliphatic heterocycles. The molecule has 1 aliphatic rings. The lowest BCUT2D eigenvalue weighted by molar-refractivity contribution is -0.254. The summed E-state index contributed by atoms with van der Waals surface area (Å²) in [6, 6.07) is 0. The molecule has 5 atom stereocenters. The van der Waals surface area contributed by atoms with Gasteiger partial charge in [-0.2, -0.15) is 0 Å². The molecule has 1 rings (SSSR count). The highest BCUT2D eigenvalue weighted by atomic mass is 16.6. The Kier molecular flexibility index (Phi) is 4.51. The van der Waals surface area contributed by atoms with E-state index in [9.17, 15) is 20.1 Å². The van der Waals surface area contributed by atoms with Crippen molar-refractivity contribution in [2.24, 2.45) is 10.9 Å². The first-order valence-corrected chi connectivity index (χ1v) is 4.82. The van der Waals surface area contributed by atoms with Crippen LogP contribution in [-0.4, -0.2) is 63.8 Å². The highest BCUT2D eigenvalue weighted by molar-refractivity contribution is 5.84. The maximum absolute atomic E-state index is 10.6. The smallest absolute Gasteiger partial charge is 0.242 e. The summed E-state index contributed by atoms with van der Waals surface area (Å²) in [6.07, 6.45) is -4.11. The summed E-state index contributed by atoms with van der Waals surface area (Å²) in [7, 11) is 0. The van der Waals surface area contributed by atoms with Crippen LogP contribution in [0.1, 0.15) is 6.92 Å². The molecular formula is C9H15NO6. The first-order valence-electron chi connectivity index (χ1n) is 4.82. The molecule has 1 amide bonds. The molecule has 0 bridgehead atoms. The predicted octanol–water partition coefficient (Wildman–Crippen LogP) is -2.35. The van der Waals surface area contributed by atoms with Crippen molar-refractivity contribution in [3.63, 3.8) is 0 Å². The number of carbonyl (C=O) groups excluding carboxylic acids is 1. The summed E-state index contributed by atoms with van der Waals surface area (Å²) in [5, 5.41) is 37.4. The average molecular weight is 233 g/mol. The largest absolute Gasteiger partial charge is 0.394 e. The van der Waals surface area contributed by atoms with Gasteiger partial charge in [-0.1, -0.05) is 0 Å². The van der Waals surface area contributed by atoms with Gasteiger partial charge in [0.25, 0.3) is 0 Å². The van der Waals surface area contributed by atoms with E-state index in [4.69, 9.17) is 9.84 Å². The summed E-state index contributed by atoms with van der Waals surface area (Å²) in [4.78, 5) is 14.0. The second-order valence-electron chi connectivity index (χ2n) is 3.60. The van der Waals surface area contributed by atoms with Gasteiger partial charge in [0.05, 0.1) is 18.6 Å². The minimum atomic E-state index is -1.42. The van der Waals surface area contributed by atoms with Crippen LogP contribution < -0.4 is 0 Å². The molecule has 1 fully saturated rings. The molecule has 16 heavy (non-hydrogen) atoms. The van der Waals surface area contributed by atoms with Crippen LogP contribution in [0.3, 0.4) is 0 Å². The van der Waals surface area contributed by atoms with Crippen molar-refractivity contribution < 1.29 is 30.0 Å². The molecule has 0 aliphatic carbocycles. The number of aliphatic hydroxyl groups is 4. The second-order valence-corrected chi connectivity index (χ2v) is 3.60. The van der Waals surface area contributed by atoms with Crippen LogP contribution in [-0.2, 0) is 9.53 Å². The van der Waals surface area contributed by atoms with E-state index in [0.717, 1.165) is 6.21 Å². The molecule has 7 nitrogen and oxygen atoms in total. The zero-order chi connectivity index (χ0) is 12.3. The van der Waals surface area contributed by atoms with Gasteiger partial charge in [0.2, 0.25) is 5.91 Å². The van der Waals surface area contributed by atoms with Crippen molar-refractivity contribution in [3.05, 3.63) is 0 Å². The third-order valence-electron chi connectivity index (χ3n) is 2.38. The first-order chi connectivity index (χ1) is 7.47. The minimum absolute atomic E-state index is 0.488. The molecule has 1 unspecified atom stereocenters. The Balaban J connectivity index is 2.75. The van der Waals surface area contributed by atoms with Crippen molar-refractivity contribution >= 4 is 12.1 Å². The lowest BCUT2D eigenvalue weighted by atomic mass is 9.92. The number of aliphatic hydroxyl groups excluding tert-OH is 4. The van der Waals surface area contributed by atoms with Gasteiger partial charge < -0.3 is 25.2 Å². The van der Waals surface area contributed by atoms with E-state index >= 15 is 0 Å². The number of hydrogen-bond donors (Lipinski definition) is 4. The molecule has 0 saturated carbocycles.